The van der Waals surface area contributed by atoms with Crippen LogP contribution in [0, 0.1) is 3.57 Å². The van der Waals surface area contributed by atoms with Crippen LogP contribution in [-0.2, 0) is 10.1 Å². The summed E-state index contributed by atoms with van der Waals surface area (Å²) >= 11 is 2.15. The van der Waals surface area contributed by atoms with Gasteiger partial charge in [0.1, 0.15) is 16.3 Å². The van der Waals surface area contributed by atoms with Gasteiger partial charge in [0.25, 0.3) is 10.1 Å². The number of aromatic hydroxyl groups is 1. The Kier molecular flexibility index (Phi) is 4.62. The molecule has 128 valence electrons. The van der Waals surface area contributed by atoms with Crippen molar-refractivity contribution >= 4 is 60.5 Å². The van der Waals surface area contributed by atoms with E-state index in [4.69, 9.17) is 5.73 Å². The Morgan fingerprint density at radius 2 is 1.72 bits per heavy atom. The summed E-state index contributed by atoms with van der Waals surface area (Å²) in [7, 11) is -4.54. The van der Waals surface area contributed by atoms with Crippen molar-refractivity contribution in [2.75, 3.05) is 5.73 Å². The summed E-state index contributed by atoms with van der Waals surface area (Å²) in [4.78, 5) is -0.399. The van der Waals surface area contributed by atoms with E-state index in [1.165, 1.54) is 18.2 Å². The molecule has 0 aliphatic heterocycles. The number of nitrogens with zero attached hydrogens (tertiary/aromatic N) is 2. The molecule has 0 spiro atoms. The van der Waals surface area contributed by atoms with E-state index in [0.29, 0.717) is 5.69 Å². The number of hydrogen-bond donors (Lipinski definition) is 3. The first-order chi connectivity index (χ1) is 11.8. The monoisotopic (exact) mass is 469 g/mol. The fourth-order valence-electron chi connectivity index (χ4n) is 2.35. The van der Waals surface area contributed by atoms with Gasteiger partial charge < -0.3 is 10.8 Å². The summed E-state index contributed by atoms with van der Waals surface area (Å²) in [5.41, 5.74) is 6.67. The lowest BCUT2D eigenvalue weighted by Crippen LogP contribution is -2.01. The van der Waals surface area contributed by atoms with Gasteiger partial charge in [0.15, 0.2) is 0 Å². The molecule has 0 amide bonds. The van der Waals surface area contributed by atoms with Crippen LogP contribution in [0.5, 0.6) is 5.75 Å². The molecule has 0 bridgehead atoms. The number of fused-ring (bicyclic) bond motifs is 1. The highest BCUT2D eigenvalue weighted by Crippen LogP contribution is 2.40. The Balaban J connectivity index is 2.23. The van der Waals surface area contributed by atoms with Gasteiger partial charge in [-0.3, -0.25) is 4.55 Å². The van der Waals surface area contributed by atoms with Crippen molar-refractivity contribution < 1.29 is 18.1 Å². The second kappa shape index (κ2) is 6.58. The number of benzene rings is 3. The van der Waals surface area contributed by atoms with Gasteiger partial charge in [0.2, 0.25) is 0 Å². The van der Waals surface area contributed by atoms with Crippen molar-refractivity contribution in [2.45, 2.75) is 4.90 Å². The average molecular weight is 469 g/mol. The van der Waals surface area contributed by atoms with E-state index in [-0.39, 0.29) is 27.9 Å². The van der Waals surface area contributed by atoms with E-state index in [2.05, 4.69) is 32.8 Å². The molecular formula is C16H12IN3O4S. The summed E-state index contributed by atoms with van der Waals surface area (Å²) in [6.07, 6.45) is 0. The molecule has 0 heterocycles. The van der Waals surface area contributed by atoms with Gasteiger partial charge in [-0.1, -0.05) is 12.1 Å². The summed E-state index contributed by atoms with van der Waals surface area (Å²) in [5, 5.41) is 18.3. The second-order valence-electron chi connectivity index (χ2n) is 5.16. The van der Waals surface area contributed by atoms with Gasteiger partial charge in [0.05, 0.1) is 16.8 Å². The SMILES string of the molecule is Nc1c(N=Nc2ccc(I)cc2)cc(S(=O)(=O)O)c2cccc(O)c12. The topological polar surface area (TPSA) is 125 Å². The number of phenols is 1. The lowest BCUT2D eigenvalue weighted by Gasteiger charge is -2.10. The molecule has 0 saturated carbocycles. The Morgan fingerprint density at radius 1 is 1.04 bits per heavy atom. The van der Waals surface area contributed by atoms with E-state index < -0.39 is 15.0 Å². The maximum absolute atomic E-state index is 11.7. The number of nitrogens with two attached hydrogens (primary N) is 1. The van der Waals surface area contributed by atoms with Gasteiger partial charge in [-0.25, -0.2) is 0 Å². The van der Waals surface area contributed by atoms with Crippen LogP contribution in [0.25, 0.3) is 10.8 Å². The minimum Gasteiger partial charge on any atom is -0.507 e. The fourth-order valence-corrected chi connectivity index (χ4v) is 3.42. The minimum atomic E-state index is -4.54. The van der Waals surface area contributed by atoms with Gasteiger partial charge in [-0.2, -0.15) is 13.5 Å². The van der Waals surface area contributed by atoms with Gasteiger partial charge in [0, 0.05) is 8.96 Å². The quantitative estimate of drug-likeness (QED) is 0.227. The van der Waals surface area contributed by atoms with Crippen molar-refractivity contribution in [3.05, 3.63) is 52.1 Å². The van der Waals surface area contributed by atoms with Gasteiger partial charge in [-0.05, 0) is 59.0 Å². The lowest BCUT2D eigenvalue weighted by atomic mass is 10.1. The minimum absolute atomic E-state index is 0.0279. The Hall–Kier alpha value is -2.24. The zero-order valence-electron chi connectivity index (χ0n) is 12.6. The fraction of sp³-hybridized carbons (Fsp3) is 0. The molecule has 7 nitrogen and oxygen atoms in total. The van der Waals surface area contributed by atoms with Crippen molar-refractivity contribution in [3.8, 4) is 5.75 Å². The number of nitrogen functional groups attached to an aromatic ring is 1. The normalized spacial score (nSPS) is 12.1. The zero-order valence-corrected chi connectivity index (χ0v) is 15.6. The third kappa shape index (κ3) is 3.57. The smallest absolute Gasteiger partial charge is 0.295 e. The van der Waals surface area contributed by atoms with Crippen molar-refractivity contribution in [2.24, 2.45) is 10.2 Å². The van der Waals surface area contributed by atoms with E-state index in [1.807, 2.05) is 12.1 Å². The van der Waals surface area contributed by atoms with Crippen molar-refractivity contribution in [1.29, 1.82) is 0 Å². The number of azo groups is 1. The first-order valence-electron chi connectivity index (χ1n) is 6.96. The molecule has 3 rings (SSSR count). The van der Waals surface area contributed by atoms with Crippen LogP contribution in [0.4, 0.5) is 17.1 Å². The molecule has 0 aliphatic carbocycles. The standard InChI is InChI=1S/C16H12IN3O4S/c17-9-4-6-10(7-5-9)19-20-12-8-14(25(22,23)24)11-2-1-3-13(21)15(11)16(12)18/h1-8,21H,18H2,(H,22,23,24). The number of phenolic OH excluding ortho intramolecular Hbond substituents is 1. The van der Waals surface area contributed by atoms with Gasteiger partial charge >= 0.3 is 0 Å². The van der Waals surface area contributed by atoms with Crippen LogP contribution in [0.3, 0.4) is 0 Å². The first-order valence-corrected chi connectivity index (χ1v) is 9.48. The Bertz CT molecular complexity index is 1100. The summed E-state index contributed by atoms with van der Waals surface area (Å²) in [6, 6.07) is 12.6. The molecule has 0 saturated heterocycles. The number of anilines is 1. The third-order valence-electron chi connectivity index (χ3n) is 3.50. The largest absolute Gasteiger partial charge is 0.507 e. The summed E-state index contributed by atoms with van der Waals surface area (Å²) < 4.78 is 33.9. The predicted octanol–water partition coefficient (Wildman–Crippen LogP) is 4.39. The van der Waals surface area contributed by atoms with Crippen molar-refractivity contribution in [1.82, 2.24) is 0 Å². The first kappa shape index (κ1) is 17.6. The highest BCUT2D eigenvalue weighted by atomic mass is 127. The van der Waals surface area contributed by atoms with Crippen LogP contribution in [0.15, 0.2) is 63.7 Å². The van der Waals surface area contributed by atoms with E-state index in [0.717, 1.165) is 9.64 Å². The molecule has 9 heteroatoms. The van der Waals surface area contributed by atoms with Crippen LogP contribution in [0.2, 0.25) is 0 Å². The van der Waals surface area contributed by atoms with Crippen LogP contribution < -0.4 is 5.73 Å². The van der Waals surface area contributed by atoms with E-state index in [9.17, 15) is 18.1 Å². The molecule has 3 aromatic rings. The van der Waals surface area contributed by atoms with Gasteiger partial charge in [-0.15, -0.1) is 5.11 Å². The van der Waals surface area contributed by atoms with Crippen LogP contribution in [-0.4, -0.2) is 18.1 Å². The highest BCUT2D eigenvalue weighted by molar-refractivity contribution is 14.1. The van der Waals surface area contributed by atoms with Crippen molar-refractivity contribution in [3.63, 3.8) is 0 Å². The molecule has 4 N–H and O–H groups in total. The molecule has 25 heavy (non-hydrogen) atoms. The molecular weight excluding hydrogens is 457 g/mol. The molecule has 0 aliphatic rings. The summed E-state index contributed by atoms with van der Waals surface area (Å²) in [6.45, 7) is 0. The third-order valence-corrected chi connectivity index (χ3v) is 5.11. The van der Waals surface area contributed by atoms with E-state index in [1.54, 1.807) is 12.1 Å². The van der Waals surface area contributed by atoms with Crippen LogP contribution in [0.1, 0.15) is 0 Å². The Labute approximate surface area is 157 Å². The molecule has 0 atom stereocenters. The molecule has 0 unspecified atom stereocenters. The van der Waals surface area contributed by atoms with Crippen LogP contribution >= 0.6 is 22.6 Å². The summed E-state index contributed by atoms with van der Waals surface area (Å²) in [5.74, 6) is -0.216. The number of halogens is 1. The maximum Gasteiger partial charge on any atom is 0.295 e. The average Bonchev–Trinajstić information content (AvgIpc) is 2.54. The van der Waals surface area contributed by atoms with E-state index >= 15 is 0 Å². The predicted molar refractivity (Wildman–Crippen MR) is 103 cm³/mol. The maximum atomic E-state index is 11.7. The Morgan fingerprint density at radius 3 is 2.36 bits per heavy atom. The highest BCUT2D eigenvalue weighted by Gasteiger charge is 2.20. The number of rotatable bonds is 3. The molecule has 0 aromatic heterocycles. The second-order valence-corrected chi connectivity index (χ2v) is 7.79. The molecule has 0 fully saturated rings. The molecule has 0 radical (unpaired) electrons. The number of hydrogen-bond acceptors (Lipinski definition) is 6. The molecule has 3 aromatic carbocycles. The zero-order chi connectivity index (χ0) is 18.2. The lowest BCUT2D eigenvalue weighted by molar-refractivity contribution is 0.481.